The Morgan fingerprint density at radius 3 is 2.35 bits per heavy atom. The number of methoxy groups -OCH3 is 2. The fourth-order valence-corrected chi connectivity index (χ4v) is 2.05. The van der Waals surface area contributed by atoms with Gasteiger partial charge in [0.05, 0.1) is 25.5 Å². The zero-order chi connectivity index (χ0) is 19.1. The number of esters is 1. The summed E-state index contributed by atoms with van der Waals surface area (Å²) in [6.07, 6.45) is 0.636. The van der Waals surface area contributed by atoms with Crippen molar-refractivity contribution < 1.29 is 28.9 Å². The molecular formula is C19H19NO6. The molecule has 26 heavy (non-hydrogen) atoms. The van der Waals surface area contributed by atoms with Crippen molar-refractivity contribution in [3.63, 3.8) is 0 Å². The van der Waals surface area contributed by atoms with Gasteiger partial charge in [-0.25, -0.2) is 9.59 Å². The first-order valence-corrected chi connectivity index (χ1v) is 7.74. The van der Waals surface area contributed by atoms with E-state index in [1.807, 2.05) is 0 Å². The van der Waals surface area contributed by atoms with Crippen LogP contribution in [0.4, 0.5) is 5.69 Å². The highest BCUT2D eigenvalue weighted by Crippen LogP contribution is 2.28. The summed E-state index contributed by atoms with van der Waals surface area (Å²) in [5.41, 5.74) is 1.85. The van der Waals surface area contributed by atoms with Crippen molar-refractivity contribution in [2.75, 3.05) is 14.2 Å². The van der Waals surface area contributed by atoms with Crippen LogP contribution in [0.1, 0.15) is 22.8 Å². The van der Waals surface area contributed by atoms with Crippen LogP contribution in [0.15, 0.2) is 47.5 Å². The second kappa shape index (κ2) is 8.66. The average Bonchev–Trinajstić information content (AvgIpc) is 2.66. The van der Waals surface area contributed by atoms with Crippen molar-refractivity contribution >= 4 is 23.8 Å². The Hall–Kier alpha value is -3.35. The molecule has 0 heterocycles. The van der Waals surface area contributed by atoms with E-state index >= 15 is 0 Å². The van der Waals surface area contributed by atoms with Crippen LogP contribution in [0.2, 0.25) is 0 Å². The molecule has 2 rings (SSSR count). The predicted octanol–water partition coefficient (Wildman–Crippen LogP) is 3.08. The molecule has 7 heteroatoms. The van der Waals surface area contributed by atoms with Crippen molar-refractivity contribution in [3.05, 3.63) is 53.6 Å². The molecular weight excluding hydrogens is 338 g/mol. The highest BCUT2D eigenvalue weighted by atomic mass is 16.5. The molecule has 0 amide bonds. The molecule has 0 saturated carbocycles. The molecule has 0 aliphatic heterocycles. The van der Waals surface area contributed by atoms with Gasteiger partial charge >= 0.3 is 11.9 Å². The zero-order valence-corrected chi connectivity index (χ0v) is 14.6. The van der Waals surface area contributed by atoms with Gasteiger partial charge < -0.3 is 19.3 Å². The number of aliphatic carboxylic acids is 1. The highest BCUT2D eigenvalue weighted by Gasteiger charge is 2.15. The monoisotopic (exact) mass is 357 g/mol. The van der Waals surface area contributed by atoms with Crippen LogP contribution < -0.4 is 9.47 Å². The third-order valence-electron chi connectivity index (χ3n) is 3.49. The first-order valence-electron chi connectivity index (χ1n) is 7.74. The minimum atomic E-state index is -1.06. The van der Waals surface area contributed by atoms with Crippen LogP contribution in [0.5, 0.6) is 11.5 Å². The number of aliphatic imine (C=N–C) groups is 1. The van der Waals surface area contributed by atoms with E-state index in [0.29, 0.717) is 22.7 Å². The lowest BCUT2D eigenvalue weighted by atomic mass is 10.2. The summed E-state index contributed by atoms with van der Waals surface area (Å²) in [5, 5.41) is 8.93. The Morgan fingerprint density at radius 1 is 1.08 bits per heavy atom. The number of nitrogens with zero attached hydrogens (tertiary/aromatic N) is 1. The van der Waals surface area contributed by atoms with E-state index in [1.54, 1.807) is 48.7 Å². The lowest BCUT2D eigenvalue weighted by Crippen LogP contribution is -2.23. The Labute approximate surface area is 150 Å². The fourth-order valence-electron chi connectivity index (χ4n) is 2.05. The van der Waals surface area contributed by atoms with Crippen LogP contribution in [0.25, 0.3) is 0 Å². The van der Waals surface area contributed by atoms with E-state index < -0.39 is 18.0 Å². The Kier molecular flexibility index (Phi) is 6.32. The van der Waals surface area contributed by atoms with Gasteiger partial charge in [0.2, 0.25) is 0 Å². The molecule has 136 valence electrons. The van der Waals surface area contributed by atoms with Crippen LogP contribution in [-0.2, 0) is 9.53 Å². The molecule has 2 aromatic carbocycles. The van der Waals surface area contributed by atoms with Crippen molar-refractivity contribution in [1.82, 2.24) is 0 Å². The summed E-state index contributed by atoms with van der Waals surface area (Å²) in [6, 6.07) is 11.7. The number of carboxylic acid groups (broad SMARTS) is 1. The maximum absolute atomic E-state index is 11.4. The second-order valence-electron chi connectivity index (χ2n) is 5.31. The van der Waals surface area contributed by atoms with Gasteiger partial charge in [0.1, 0.15) is 0 Å². The van der Waals surface area contributed by atoms with Gasteiger partial charge in [0.15, 0.2) is 17.6 Å². The first-order chi connectivity index (χ1) is 12.4. The van der Waals surface area contributed by atoms with Crippen LogP contribution in [-0.4, -0.2) is 43.6 Å². The van der Waals surface area contributed by atoms with Crippen LogP contribution in [0.3, 0.4) is 0 Å². The number of rotatable bonds is 7. The molecule has 0 radical (unpaired) electrons. The summed E-state index contributed by atoms with van der Waals surface area (Å²) in [4.78, 5) is 26.6. The molecule has 1 N–H and O–H groups in total. The van der Waals surface area contributed by atoms with Crippen molar-refractivity contribution in [3.8, 4) is 11.5 Å². The summed E-state index contributed by atoms with van der Waals surface area (Å²) >= 11 is 0. The van der Waals surface area contributed by atoms with Crippen molar-refractivity contribution in [2.24, 2.45) is 4.99 Å². The van der Waals surface area contributed by atoms with E-state index in [9.17, 15) is 9.59 Å². The number of carboxylic acids is 1. The van der Waals surface area contributed by atoms with Crippen LogP contribution in [0, 0.1) is 0 Å². The van der Waals surface area contributed by atoms with Crippen molar-refractivity contribution in [1.29, 1.82) is 0 Å². The maximum Gasteiger partial charge on any atom is 0.344 e. The number of carbonyl (C=O) groups excluding carboxylic acids is 1. The zero-order valence-electron chi connectivity index (χ0n) is 14.6. The molecule has 1 atom stereocenters. The quantitative estimate of drug-likeness (QED) is 0.604. The molecule has 0 bridgehead atoms. The highest BCUT2D eigenvalue weighted by molar-refractivity contribution is 5.90. The largest absolute Gasteiger partial charge is 0.493 e. The molecule has 0 fully saturated rings. The van der Waals surface area contributed by atoms with Gasteiger partial charge in [-0.2, -0.15) is 0 Å². The van der Waals surface area contributed by atoms with Gasteiger partial charge in [-0.1, -0.05) is 0 Å². The molecule has 0 saturated heterocycles. The summed E-state index contributed by atoms with van der Waals surface area (Å²) in [6.45, 7) is 1.44. The van der Waals surface area contributed by atoms with E-state index in [1.165, 1.54) is 21.1 Å². The number of benzene rings is 2. The summed E-state index contributed by atoms with van der Waals surface area (Å²) < 4.78 is 15.2. The fraction of sp³-hybridized carbons (Fsp3) is 0.211. The Morgan fingerprint density at radius 2 is 1.77 bits per heavy atom. The van der Waals surface area contributed by atoms with Gasteiger partial charge in [0.25, 0.3) is 0 Å². The number of hydrogen-bond donors (Lipinski definition) is 1. The number of hydrogen-bond acceptors (Lipinski definition) is 6. The molecule has 0 aromatic heterocycles. The molecule has 7 nitrogen and oxygen atoms in total. The normalized spacial score (nSPS) is 11.8. The Balaban J connectivity index is 2.15. The number of ether oxygens (including phenoxy) is 3. The van der Waals surface area contributed by atoms with E-state index in [2.05, 4.69) is 9.73 Å². The topological polar surface area (TPSA) is 94.4 Å². The van der Waals surface area contributed by atoms with E-state index in [-0.39, 0.29) is 0 Å². The minimum absolute atomic E-state index is 0.335. The summed E-state index contributed by atoms with van der Waals surface area (Å²) in [5.74, 6) is -0.727. The third kappa shape index (κ3) is 4.83. The average molecular weight is 357 g/mol. The molecule has 2 aromatic rings. The molecule has 0 aliphatic carbocycles. The minimum Gasteiger partial charge on any atom is -0.493 e. The molecule has 0 aliphatic rings. The second-order valence-corrected chi connectivity index (χ2v) is 5.31. The lowest BCUT2D eigenvalue weighted by molar-refractivity contribution is -0.144. The first kappa shape index (κ1) is 19.0. The predicted molar refractivity (Wildman–Crippen MR) is 95.8 cm³/mol. The van der Waals surface area contributed by atoms with Gasteiger partial charge in [-0.3, -0.25) is 4.99 Å². The van der Waals surface area contributed by atoms with Gasteiger partial charge in [0, 0.05) is 6.21 Å². The van der Waals surface area contributed by atoms with Crippen molar-refractivity contribution in [2.45, 2.75) is 13.0 Å². The van der Waals surface area contributed by atoms with Gasteiger partial charge in [-0.05, 0) is 55.0 Å². The maximum atomic E-state index is 11.4. The molecule has 0 unspecified atom stereocenters. The lowest BCUT2D eigenvalue weighted by Gasteiger charge is -2.14. The summed E-state index contributed by atoms with van der Waals surface area (Å²) in [7, 11) is 2.80. The smallest absolute Gasteiger partial charge is 0.344 e. The number of carbonyl (C=O) groups is 2. The Bertz CT molecular complexity index is 813. The van der Waals surface area contributed by atoms with E-state index in [0.717, 1.165) is 5.56 Å². The van der Waals surface area contributed by atoms with Gasteiger partial charge in [-0.15, -0.1) is 0 Å². The standard InChI is InChI=1S/C19H19NO6/c1-12(18(21)22)26-16-9-4-13(10-17(16)24-2)11-20-15-7-5-14(6-8-15)19(23)25-3/h4-12H,1-3H3,(H,21,22)/t12-/m0/s1. The third-order valence-corrected chi connectivity index (χ3v) is 3.49. The molecule has 0 spiro atoms. The van der Waals surface area contributed by atoms with Crippen LogP contribution >= 0.6 is 0 Å². The SMILES string of the molecule is COC(=O)c1ccc(N=Cc2ccc(O[C@@H](C)C(=O)O)c(OC)c2)cc1. The van der Waals surface area contributed by atoms with E-state index in [4.69, 9.17) is 14.6 Å².